The molecule has 4 nitrogen and oxygen atoms in total. The molecule has 0 aliphatic rings. The normalized spacial score (nSPS) is 13.0. The Labute approximate surface area is 100 Å². The second-order valence-corrected chi connectivity index (χ2v) is 5.88. The summed E-state index contributed by atoms with van der Waals surface area (Å²) in [6.45, 7) is 2.64. The Morgan fingerprint density at radius 3 is 2.93 bits per heavy atom. The van der Waals surface area contributed by atoms with Crippen molar-refractivity contribution in [2.75, 3.05) is 0 Å². The molecule has 1 unspecified atom stereocenters. The first-order chi connectivity index (χ1) is 7.15. The van der Waals surface area contributed by atoms with Gasteiger partial charge in [0.25, 0.3) is 0 Å². The summed E-state index contributed by atoms with van der Waals surface area (Å²) in [5.74, 6) is 0. The molecule has 0 radical (unpaired) electrons. The van der Waals surface area contributed by atoms with E-state index in [0.29, 0.717) is 0 Å². The topological polar surface area (TPSA) is 56.7 Å². The lowest BCUT2D eigenvalue weighted by Crippen LogP contribution is -2.05. The van der Waals surface area contributed by atoms with Crippen molar-refractivity contribution in [3.05, 3.63) is 32.7 Å². The Morgan fingerprint density at radius 2 is 2.40 bits per heavy atom. The van der Waals surface area contributed by atoms with Crippen LogP contribution in [0.25, 0.3) is 0 Å². The molecule has 0 spiro atoms. The number of aromatic nitrogens is 3. The fraction of sp³-hybridized carbons (Fsp3) is 0.333. The molecule has 2 aromatic rings. The van der Waals surface area contributed by atoms with Crippen molar-refractivity contribution in [3.8, 4) is 0 Å². The number of rotatable bonds is 3. The van der Waals surface area contributed by atoms with Crippen molar-refractivity contribution in [1.82, 2.24) is 15.0 Å². The quantitative estimate of drug-likeness (QED) is 0.941. The van der Waals surface area contributed by atoms with Crippen LogP contribution in [0.3, 0.4) is 0 Å². The van der Waals surface area contributed by atoms with Gasteiger partial charge in [-0.05, 0) is 35.0 Å². The van der Waals surface area contributed by atoms with E-state index in [1.807, 2.05) is 19.2 Å². The van der Waals surface area contributed by atoms with Crippen LogP contribution in [-0.2, 0) is 6.54 Å². The number of nitrogens with two attached hydrogens (primary N) is 1. The van der Waals surface area contributed by atoms with Gasteiger partial charge in [0, 0.05) is 10.9 Å². The third-order valence-electron chi connectivity index (χ3n) is 1.97. The van der Waals surface area contributed by atoms with Crippen molar-refractivity contribution < 1.29 is 0 Å². The minimum Gasteiger partial charge on any atom is -0.323 e. The van der Waals surface area contributed by atoms with E-state index in [1.165, 1.54) is 4.88 Å². The highest BCUT2D eigenvalue weighted by Gasteiger charge is 2.06. The van der Waals surface area contributed by atoms with Crippen LogP contribution in [-0.4, -0.2) is 15.0 Å². The molecule has 2 N–H and O–H groups in total. The summed E-state index contributed by atoms with van der Waals surface area (Å²) in [5, 5.41) is 8.02. The van der Waals surface area contributed by atoms with Gasteiger partial charge in [0.1, 0.15) is 0 Å². The average Bonchev–Trinajstić information content (AvgIpc) is 2.76. The zero-order valence-corrected chi connectivity index (χ0v) is 10.6. The summed E-state index contributed by atoms with van der Waals surface area (Å²) in [5.41, 5.74) is 6.53. The molecule has 15 heavy (non-hydrogen) atoms. The molecule has 6 heteroatoms. The summed E-state index contributed by atoms with van der Waals surface area (Å²) in [4.78, 5) is 1.24. The minimum absolute atomic E-state index is 0.0613. The summed E-state index contributed by atoms with van der Waals surface area (Å²) in [6.07, 6.45) is 1.89. The molecule has 0 saturated carbocycles. The fourth-order valence-corrected chi connectivity index (χ4v) is 2.67. The first-order valence-corrected chi connectivity index (χ1v) is 6.16. The third kappa shape index (κ3) is 2.64. The minimum atomic E-state index is -0.0613. The molecule has 0 saturated heterocycles. The SMILES string of the molecule is CC(N)c1cn(Cc2ccc(Br)s2)nn1. The van der Waals surface area contributed by atoms with Crippen LogP contribution in [0.15, 0.2) is 22.1 Å². The average molecular weight is 287 g/mol. The Bertz CT molecular complexity index is 448. The molecule has 80 valence electrons. The van der Waals surface area contributed by atoms with Crippen molar-refractivity contribution in [2.45, 2.75) is 19.5 Å². The van der Waals surface area contributed by atoms with Crippen LogP contribution >= 0.6 is 27.3 Å². The molecular weight excluding hydrogens is 276 g/mol. The third-order valence-corrected chi connectivity index (χ3v) is 3.58. The zero-order chi connectivity index (χ0) is 10.8. The number of thiophene rings is 1. The molecule has 0 bridgehead atoms. The first kappa shape index (κ1) is 10.8. The summed E-state index contributed by atoms with van der Waals surface area (Å²) < 4.78 is 2.93. The van der Waals surface area contributed by atoms with Gasteiger partial charge in [0.2, 0.25) is 0 Å². The predicted molar refractivity (Wildman–Crippen MR) is 63.7 cm³/mol. The van der Waals surface area contributed by atoms with Crippen molar-refractivity contribution in [3.63, 3.8) is 0 Å². The van der Waals surface area contributed by atoms with Crippen LogP contribution in [0.2, 0.25) is 0 Å². The van der Waals surface area contributed by atoms with Crippen molar-refractivity contribution in [1.29, 1.82) is 0 Å². The van der Waals surface area contributed by atoms with Crippen LogP contribution in [0.5, 0.6) is 0 Å². The molecule has 0 aliphatic heterocycles. The second-order valence-electron chi connectivity index (χ2n) is 3.34. The monoisotopic (exact) mass is 286 g/mol. The van der Waals surface area contributed by atoms with Gasteiger partial charge in [0.15, 0.2) is 0 Å². The van der Waals surface area contributed by atoms with Crippen LogP contribution in [0, 0.1) is 0 Å². The standard InChI is InChI=1S/C9H11BrN4S/c1-6(11)8-5-14(13-12-8)4-7-2-3-9(10)15-7/h2-3,5-6H,4,11H2,1H3. The Balaban J connectivity index is 2.11. The summed E-state index contributed by atoms with van der Waals surface area (Å²) >= 11 is 5.12. The summed E-state index contributed by atoms with van der Waals surface area (Å²) in [7, 11) is 0. The molecule has 0 aromatic carbocycles. The van der Waals surface area contributed by atoms with Gasteiger partial charge >= 0.3 is 0 Å². The number of hydrogen-bond acceptors (Lipinski definition) is 4. The van der Waals surface area contributed by atoms with Crippen LogP contribution in [0.4, 0.5) is 0 Å². The maximum atomic E-state index is 5.70. The van der Waals surface area contributed by atoms with Gasteiger partial charge in [-0.1, -0.05) is 5.21 Å². The smallest absolute Gasteiger partial charge is 0.0991 e. The Morgan fingerprint density at radius 1 is 1.60 bits per heavy atom. The van der Waals surface area contributed by atoms with Crippen molar-refractivity contribution >= 4 is 27.3 Å². The maximum Gasteiger partial charge on any atom is 0.0991 e. The molecule has 0 amide bonds. The zero-order valence-electron chi connectivity index (χ0n) is 8.22. The molecule has 0 aliphatic carbocycles. The number of hydrogen-bond donors (Lipinski definition) is 1. The van der Waals surface area contributed by atoms with E-state index in [4.69, 9.17) is 5.73 Å². The van der Waals surface area contributed by atoms with E-state index in [1.54, 1.807) is 16.0 Å². The molecule has 2 rings (SSSR count). The van der Waals surface area contributed by atoms with Gasteiger partial charge in [-0.3, -0.25) is 0 Å². The van der Waals surface area contributed by atoms with Crippen LogP contribution < -0.4 is 5.73 Å². The molecule has 0 fully saturated rings. The lowest BCUT2D eigenvalue weighted by Gasteiger charge is -1.97. The number of nitrogens with zero attached hydrogens (tertiary/aromatic N) is 3. The summed E-state index contributed by atoms with van der Waals surface area (Å²) in [6, 6.07) is 4.04. The Hall–Kier alpha value is -0.720. The highest BCUT2D eigenvalue weighted by molar-refractivity contribution is 9.11. The fourth-order valence-electron chi connectivity index (χ4n) is 1.20. The van der Waals surface area contributed by atoms with E-state index in [-0.39, 0.29) is 6.04 Å². The maximum absolute atomic E-state index is 5.70. The molecule has 1 atom stereocenters. The lowest BCUT2D eigenvalue weighted by atomic mass is 10.3. The van der Waals surface area contributed by atoms with Gasteiger partial charge in [-0.15, -0.1) is 16.4 Å². The van der Waals surface area contributed by atoms with Crippen molar-refractivity contribution in [2.24, 2.45) is 5.73 Å². The van der Waals surface area contributed by atoms with E-state index in [2.05, 4.69) is 32.3 Å². The largest absolute Gasteiger partial charge is 0.323 e. The van der Waals surface area contributed by atoms with E-state index >= 15 is 0 Å². The first-order valence-electron chi connectivity index (χ1n) is 4.55. The molecule has 2 heterocycles. The second kappa shape index (κ2) is 4.42. The highest BCUT2D eigenvalue weighted by Crippen LogP contribution is 2.22. The van der Waals surface area contributed by atoms with Gasteiger partial charge in [0.05, 0.1) is 22.2 Å². The van der Waals surface area contributed by atoms with Gasteiger partial charge < -0.3 is 5.73 Å². The number of halogens is 1. The molecular formula is C9H11BrN4S. The van der Waals surface area contributed by atoms with Crippen LogP contribution in [0.1, 0.15) is 23.5 Å². The van der Waals surface area contributed by atoms with Gasteiger partial charge in [-0.2, -0.15) is 0 Å². The van der Waals surface area contributed by atoms with E-state index in [0.717, 1.165) is 16.0 Å². The Kier molecular flexibility index (Phi) is 3.18. The highest BCUT2D eigenvalue weighted by atomic mass is 79.9. The molecule has 2 aromatic heterocycles. The van der Waals surface area contributed by atoms with Gasteiger partial charge in [-0.25, -0.2) is 4.68 Å². The van der Waals surface area contributed by atoms with E-state index < -0.39 is 0 Å². The van der Waals surface area contributed by atoms with E-state index in [9.17, 15) is 0 Å². The lowest BCUT2D eigenvalue weighted by molar-refractivity contribution is 0.654. The predicted octanol–water partition coefficient (Wildman–Crippen LogP) is 2.17.